The van der Waals surface area contributed by atoms with Crippen molar-refractivity contribution in [2.75, 3.05) is 6.61 Å². The number of carbonyl (C=O) groups excluding carboxylic acids is 4. The summed E-state index contributed by atoms with van der Waals surface area (Å²) in [6.45, 7) is 3.84. The van der Waals surface area contributed by atoms with Gasteiger partial charge in [0.2, 0.25) is 5.65 Å². The van der Waals surface area contributed by atoms with Gasteiger partial charge >= 0.3 is 29.6 Å². The Bertz CT molecular complexity index is 1210. The predicted molar refractivity (Wildman–Crippen MR) is 110 cm³/mol. The summed E-state index contributed by atoms with van der Waals surface area (Å²) >= 11 is 0. The standard InChI is InChI=1S/C20H22N4O11/c1-9(25)31-8-14-15(32-10(2)26)16(33-11(3)27)17(34-12(4)28)19(35-14)23-18-13(6-5-7-21-18)24(30)22-20(23)29/h5-7,14-17,19H,8H2,1-4H3/t14-,15-,16+,17-,19-/m1/s1. The molecule has 1 aliphatic heterocycles. The van der Waals surface area contributed by atoms with E-state index in [0.29, 0.717) is 0 Å². The smallest absolute Gasteiger partial charge is 0.413 e. The minimum atomic E-state index is -1.59. The normalized spacial score (nSPS) is 23.8. The zero-order chi connectivity index (χ0) is 25.9. The van der Waals surface area contributed by atoms with Crippen LogP contribution in [0.3, 0.4) is 0 Å². The van der Waals surface area contributed by atoms with Crippen LogP contribution in [-0.2, 0) is 42.9 Å². The van der Waals surface area contributed by atoms with Gasteiger partial charge in [-0.2, -0.15) is 0 Å². The second-order valence-corrected chi connectivity index (χ2v) is 7.46. The zero-order valence-electron chi connectivity index (χ0n) is 19.1. The first-order chi connectivity index (χ1) is 16.5. The van der Waals surface area contributed by atoms with E-state index in [9.17, 15) is 29.2 Å². The van der Waals surface area contributed by atoms with Crippen molar-refractivity contribution in [3.05, 3.63) is 34.0 Å². The van der Waals surface area contributed by atoms with Gasteiger partial charge in [0.25, 0.3) is 5.52 Å². The van der Waals surface area contributed by atoms with E-state index in [1.165, 1.54) is 18.3 Å². The molecular weight excluding hydrogens is 472 g/mol. The van der Waals surface area contributed by atoms with E-state index in [-0.39, 0.29) is 16.0 Å². The van der Waals surface area contributed by atoms with Crippen molar-refractivity contribution < 1.29 is 47.7 Å². The fourth-order valence-corrected chi connectivity index (χ4v) is 3.64. The van der Waals surface area contributed by atoms with Crippen LogP contribution in [0.5, 0.6) is 0 Å². The number of hydrogen-bond acceptors (Lipinski definition) is 13. The molecule has 2 aromatic heterocycles. The van der Waals surface area contributed by atoms with Crippen LogP contribution in [0.2, 0.25) is 0 Å². The van der Waals surface area contributed by atoms with E-state index in [1.54, 1.807) is 0 Å². The van der Waals surface area contributed by atoms with Crippen LogP contribution in [0.4, 0.5) is 0 Å². The van der Waals surface area contributed by atoms with Crippen molar-refractivity contribution in [1.29, 1.82) is 0 Å². The molecule has 1 aliphatic rings. The number of ether oxygens (including phenoxy) is 5. The van der Waals surface area contributed by atoms with Crippen molar-refractivity contribution in [3.8, 4) is 0 Å². The van der Waals surface area contributed by atoms with Gasteiger partial charge in [0.05, 0.1) is 5.10 Å². The van der Waals surface area contributed by atoms with E-state index in [0.717, 1.165) is 32.3 Å². The van der Waals surface area contributed by atoms with Crippen molar-refractivity contribution >= 4 is 35.0 Å². The van der Waals surface area contributed by atoms with Gasteiger partial charge in [-0.15, -0.1) is 0 Å². The Morgan fingerprint density at radius 1 is 1.00 bits per heavy atom. The molecule has 15 nitrogen and oxygen atoms in total. The molecule has 0 N–H and O–H groups in total. The zero-order valence-corrected chi connectivity index (χ0v) is 19.1. The van der Waals surface area contributed by atoms with Crippen LogP contribution in [0.1, 0.15) is 33.9 Å². The Labute approximate surface area is 197 Å². The number of fused-ring (bicyclic) bond motifs is 1. The topological polar surface area (TPSA) is 189 Å². The van der Waals surface area contributed by atoms with Gasteiger partial charge in [-0.25, -0.2) is 14.3 Å². The molecule has 35 heavy (non-hydrogen) atoms. The molecule has 188 valence electrons. The summed E-state index contributed by atoms with van der Waals surface area (Å²) in [4.78, 5) is 64.2. The maximum absolute atomic E-state index is 12.8. The number of pyridine rings is 1. The Kier molecular flexibility index (Phi) is 7.58. The molecule has 1 fully saturated rings. The number of hydrogen-bond donors (Lipinski definition) is 0. The van der Waals surface area contributed by atoms with E-state index >= 15 is 0 Å². The van der Waals surface area contributed by atoms with Crippen LogP contribution < -0.4 is 10.5 Å². The second kappa shape index (κ2) is 10.4. The number of nitrogens with zero attached hydrogens (tertiary/aromatic N) is 4. The molecule has 3 heterocycles. The van der Waals surface area contributed by atoms with Gasteiger partial charge in [-0.3, -0.25) is 19.2 Å². The summed E-state index contributed by atoms with van der Waals surface area (Å²) in [5.41, 5.74) is -1.45. The first-order valence-corrected chi connectivity index (χ1v) is 10.3. The molecule has 15 heteroatoms. The lowest BCUT2D eigenvalue weighted by molar-refractivity contribution is -0.645. The summed E-state index contributed by atoms with van der Waals surface area (Å²) < 4.78 is 27.8. The number of aromatic nitrogens is 4. The highest BCUT2D eigenvalue weighted by atomic mass is 16.7. The quantitative estimate of drug-likeness (QED) is 0.199. The molecule has 3 rings (SSSR count). The van der Waals surface area contributed by atoms with E-state index in [4.69, 9.17) is 23.7 Å². The summed E-state index contributed by atoms with van der Waals surface area (Å²) in [5.74, 6) is -3.19. The van der Waals surface area contributed by atoms with Gasteiger partial charge < -0.3 is 28.9 Å². The molecule has 0 bridgehead atoms. The van der Waals surface area contributed by atoms with Crippen molar-refractivity contribution in [1.82, 2.24) is 14.6 Å². The monoisotopic (exact) mass is 494 g/mol. The lowest BCUT2D eigenvalue weighted by atomic mass is 9.97. The fourth-order valence-electron chi connectivity index (χ4n) is 3.64. The third-order valence-electron chi connectivity index (χ3n) is 4.80. The molecule has 0 amide bonds. The van der Waals surface area contributed by atoms with Crippen LogP contribution in [0.15, 0.2) is 23.1 Å². The highest BCUT2D eigenvalue weighted by Gasteiger charge is 2.53. The minimum Gasteiger partial charge on any atom is -0.594 e. The van der Waals surface area contributed by atoms with Crippen molar-refractivity contribution in [2.24, 2.45) is 0 Å². The number of rotatable bonds is 6. The molecule has 0 aliphatic carbocycles. The highest BCUT2D eigenvalue weighted by molar-refractivity contribution is 5.69. The average molecular weight is 494 g/mol. The number of esters is 4. The Morgan fingerprint density at radius 2 is 1.60 bits per heavy atom. The van der Waals surface area contributed by atoms with E-state index < -0.39 is 66.8 Å². The first kappa shape index (κ1) is 25.5. The maximum atomic E-state index is 12.8. The van der Waals surface area contributed by atoms with E-state index in [2.05, 4.69) is 10.1 Å². The molecule has 0 radical (unpaired) electrons. The predicted octanol–water partition coefficient (Wildman–Crippen LogP) is -1.32. The molecular formula is C20H22N4O11. The van der Waals surface area contributed by atoms with Crippen LogP contribution >= 0.6 is 0 Å². The third-order valence-corrected chi connectivity index (χ3v) is 4.80. The van der Waals surface area contributed by atoms with Crippen LogP contribution in [-0.4, -0.2) is 69.5 Å². The second-order valence-electron chi connectivity index (χ2n) is 7.46. The summed E-state index contributed by atoms with van der Waals surface area (Å²) in [6, 6.07) is 2.77. The first-order valence-electron chi connectivity index (χ1n) is 10.3. The maximum Gasteiger partial charge on any atom is 0.413 e. The van der Waals surface area contributed by atoms with Gasteiger partial charge in [-0.1, -0.05) is 0 Å². The average Bonchev–Trinajstić information content (AvgIpc) is 2.75. The minimum absolute atomic E-state index is 0.0619. The third kappa shape index (κ3) is 5.68. The molecule has 1 saturated heterocycles. The Balaban J connectivity index is 2.24. The van der Waals surface area contributed by atoms with Crippen LogP contribution in [0.25, 0.3) is 11.2 Å². The van der Waals surface area contributed by atoms with E-state index in [1.807, 2.05) is 0 Å². The summed E-state index contributed by atoms with van der Waals surface area (Å²) in [7, 11) is 0. The lowest BCUT2D eigenvalue weighted by Gasteiger charge is -2.44. The SMILES string of the molecule is CC(=O)OC[C@H]1O[C@@H](n2c(=O)n[n+]([O-])c3cccnc32)[C@H](OC(C)=O)[C@@H](OC(C)=O)[C@@H]1OC(C)=O. The van der Waals surface area contributed by atoms with Gasteiger partial charge in [0.1, 0.15) is 12.7 Å². The van der Waals surface area contributed by atoms with Gasteiger partial charge in [-0.05, 0) is 10.9 Å². The Morgan fingerprint density at radius 3 is 2.20 bits per heavy atom. The Hall–Kier alpha value is -4.14. The van der Waals surface area contributed by atoms with Crippen molar-refractivity contribution in [2.45, 2.75) is 58.3 Å². The molecule has 0 saturated carbocycles. The van der Waals surface area contributed by atoms with Gasteiger partial charge in [0.15, 0.2) is 24.5 Å². The van der Waals surface area contributed by atoms with Gasteiger partial charge in [0, 0.05) is 40.0 Å². The number of carbonyl (C=O) groups is 4. The lowest BCUT2D eigenvalue weighted by Crippen LogP contribution is -2.62. The molecule has 0 unspecified atom stereocenters. The molecule has 0 spiro atoms. The summed E-state index contributed by atoms with van der Waals surface area (Å²) in [6.07, 6.45) is -6.08. The summed E-state index contributed by atoms with van der Waals surface area (Å²) in [5, 5.41) is 15.5. The van der Waals surface area contributed by atoms with Crippen molar-refractivity contribution in [3.63, 3.8) is 0 Å². The largest absolute Gasteiger partial charge is 0.594 e. The molecule has 2 aromatic rings. The van der Waals surface area contributed by atoms with Crippen LogP contribution in [0, 0.1) is 5.21 Å². The fraction of sp³-hybridized carbons (Fsp3) is 0.500. The molecule has 5 atom stereocenters. The molecule has 0 aromatic carbocycles. The highest BCUT2D eigenvalue weighted by Crippen LogP contribution is 2.34.